The van der Waals surface area contributed by atoms with E-state index in [1.165, 1.54) is 31.4 Å². The summed E-state index contributed by atoms with van der Waals surface area (Å²) >= 11 is 5.97. The monoisotopic (exact) mass is 344 g/mol. The molecule has 0 spiro atoms. The Bertz CT molecular complexity index is 620. The molecular weight excluding hydrogens is 320 g/mol. The molecule has 0 amide bonds. The smallest absolute Gasteiger partial charge is 0.120 e. The van der Waals surface area contributed by atoms with E-state index in [-0.39, 0.29) is 0 Å². The summed E-state index contributed by atoms with van der Waals surface area (Å²) in [6, 6.07) is 12.4. The third-order valence-electron chi connectivity index (χ3n) is 4.59. The van der Waals surface area contributed by atoms with Crippen molar-refractivity contribution in [1.29, 1.82) is 0 Å². The number of pyridine rings is 1. The largest absolute Gasteiger partial charge is 0.494 e. The Hall–Kier alpha value is -1.58. The lowest BCUT2D eigenvalue weighted by atomic mass is 9.96. The number of piperidine rings is 1. The molecule has 0 unspecified atom stereocenters. The van der Waals surface area contributed by atoms with Crippen molar-refractivity contribution in [2.75, 3.05) is 19.7 Å². The number of aromatic nitrogens is 1. The van der Waals surface area contributed by atoms with Gasteiger partial charge in [-0.2, -0.15) is 0 Å². The van der Waals surface area contributed by atoms with Crippen LogP contribution in [0.5, 0.6) is 5.75 Å². The van der Waals surface area contributed by atoms with E-state index in [9.17, 15) is 0 Å². The first-order valence-electron chi connectivity index (χ1n) is 8.85. The van der Waals surface area contributed by atoms with E-state index in [4.69, 9.17) is 16.3 Å². The quantitative estimate of drug-likeness (QED) is 0.652. The van der Waals surface area contributed by atoms with Crippen LogP contribution in [0.15, 0.2) is 48.8 Å². The second-order valence-electron chi connectivity index (χ2n) is 6.35. The highest BCUT2D eigenvalue weighted by Gasteiger charge is 2.23. The van der Waals surface area contributed by atoms with E-state index >= 15 is 0 Å². The van der Waals surface area contributed by atoms with Crippen LogP contribution in [0.4, 0.5) is 0 Å². The fourth-order valence-electron chi connectivity index (χ4n) is 3.37. The minimum absolute atomic E-state index is 0.529. The number of rotatable bonds is 7. The molecule has 2 heterocycles. The van der Waals surface area contributed by atoms with Gasteiger partial charge in [0, 0.05) is 23.5 Å². The van der Waals surface area contributed by atoms with Crippen molar-refractivity contribution in [3.05, 3.63) is 59.4 Å². The van der Waals surface area contributed by atoms with Gasteiger partial charge in [-0.25, -0.2) is 0 Å². The van der Waals surface area contributed by atoms with Crippen LogP contribution in [-0.2, 0) is 0 Å². The predicted molar refractivity (Wildman–Crippen MR) is 98.6 cm³/mol. The highest BCUT2D eigenvalue weighted by Crippen LogP contribution is 2.30. The predicted octanol–water partition coefficient (Wildman–Crippen LogP) is 5.12. The molecule has 1 atom stereocenters. The Kier molecular flexibility index (Phi) is 6.50. The number of unbranched alkanes of at least 4 members (excludes halogenated alkanes) is 1. The number of likely N-dealkylation sites (tertiary alicyclic amines) is 1. The van der Waals surface area contributed by atoms with Gasteiger partial charge >= 0.3 is 0 Å². The van der Waals surface area contributed by atoms with Gasteiger partial charge in [0.2, 0.25) is 0 Å². The summed E-state index contributed by atoms with van der Waals surface area (Å²) in [4.78, 5) is 6.90. The fraction of sp³-hybridized carbons (Fsp3) is 0.450. The van der Waals surface area contributed by atoms with Crippen molar-refractivity contribution in [2.45, 2.75) is 38.1 Å². The molecule has 1 aromatic carbocycles. The van der Waals surface area contributed by atoms with Gasteiger partial charge in [0.15, 0.2) is 0 Å². The molecule has 1 saturated heterocycles. The number of benzene rings is 1. The standard InChI is InChI=1S/C20H25ClN2O/c21-18-8-5-9-19(15-18)24-14-4-3-13-23-12-2-1-10-20(23)17-7-6-11-22-16-17/h5-9,11,15-16,20H,1-4,10,12-14H2/t20-/m1/s1. The summed E-state index contributed by atoms with van der Waals surface area (Å²) in [5.41, 5.74) is 1.35. The number of halogens is 1. The number of hydrogen-bond acceptors (Lipinski definition) is 3. The maximum atomic E-state index is 5.97. The van der Waals surface area contributed by atoms with E-state index in [1.807, 2.05) is 42.7 Å². The SMILES string of the molecule is Clc1cccc(OCCCCN2CCCC[C@@H]2c2cccnc2)c1. The van der Waals surface area contributed by atoms with Gasteiger partial charge in [-0.05, 0) is 68.6 Å². The molecule has 4 heteroatoms. The van der Waals surface area contributed by atoms with Crippen LogP contribution >= 0.6 is 11.6 Å². The third-order valence-corrected chi connectivity index (χ3v) is 4.82. The average molecular weight is 345 g/mol. The summed E-state index contributed by atoms with van der Waals surface area (Å²) in [7, 11) is 0. The van der Waals surface area contributed by atoms with Crippen LogP contribution in [-0.4, -0.2) is 29.6 Å². The van der Waals surface area contributed by atoms with Crippen LogP contribution in [0, 0.1) is 0 Å². The van der Waals surface area contributed by atoms with Crippen molar-refractivity contribution >= 4 is 11.6 Å². The van der Waals surface area contributed by atoms with Gasteiger partial charge in [0.05, 0.1) is 6.61 Å². The van der Waals surface area contributed by atoms with E-state index in [1.54, 1.807) is 0 Å². The maximum Gasteiger partial charge on any atom is 0.120 e. The zero-order chi connectivity index (χ0) is 16.6. The topological polar surface area (TPSA) is 25.4 Å². The molecular formula is C20H25ClN2O. The van der Waals surface area contributed by atoms with E-state index in [0.717, 1.165) is 36.8 Å². The molecule has 2 aromatic rings. The molecule has 1 aromatic heterocycles. The Morgan fingerprint density at radius 1 is 1.17 bits per heavy atom. The summed E-state index contributed by atoms with van der Waals surface area (Å²) < 4.78 is 5.77. The normalized spacial score (nSPS) is 18.5. The number of hydrogen-bond donors (Lipinski definition) is 0. The van der Waals surface area contributed by atoms with Crippen molar-refractivity contribution in [1.82, 2.24) is 9.88 Å². The van der Waals surface area contributed by atoms with Gasteiger partial charge in [0.1, 0.15) is 5.75 Å². The Balaban J connectivity index is 1.43. The molecule has 1 aliphatic rings. The molecule has 24 heavy (non-hydrogen) atoms. The lowest BCUT2D eigenvalue weighted by Crippen LogP contribution is -2.34. The highest BCUT2D eigenvalue weighted by molar-refractivity contribution is 6.30. The first kappa shape index (κ1) is 17.2. The van der Waals surface area contributed by atoms with E-state index in [0.29, 0.717) is 6.04 Å². The molecule has 3 rings (SSSR count). The first-order valence-corrected chi connectivity index (χ1v) is 9.23. The molecule has 0 aliphatic carbocycles. The van der Waals surface area contributed by atoms with Crippen molar-refractivity contribution in [3.8, 4) is 5.75 Å². The second-order valence-corrected chi connectivity index (χ2v) is 6.78. The molecule has 128 valence electrons. The van der Waals surface area contributed by atoms with Gasteiger partial charge < -0.3 is 4.74 Å². The van der Waals surface area contributed by atoms with E-state index < -0.39 is 0 Å². The Morgan fingerprint density at radius 2 is 2.12 bits per heavy atom. The molecule has 1 aliphatic heterocycles. The van der Waals surface area contributed by atoms with Crippen LogP contribution in [0.1, 0.15) is 43.7 Å². The van der Waals surface area contributed by atoms with Crippen LogP contribution in [0.25, 0.3) is 0 Å². The van der Waals surface area contributed by atoms with Crippen LogP contribution < -0.4 is 4.74 Å². The lowest BCUT2D eigenvalue weighted by molar-refractivity contribution is 0.143. The summed E-state index contributed by atoms with van der Waals surface area (Å²) in [5, 5.41) is 0.722. The zero-order valence-electron chi connectivity index (χ0n) is 14.0. The number of nitrogens with zero attached hydrogens (tertiary/aromatic N) is 2. The lowest BCUT2D eigenvalue weighted by Gasteiger charge is -2.35. The fourth-order valence-corrected chi connectivity index (χ4v) is 3.55. The number of ether oxygens (including phenoxy) is 1. The second kappa shape index (κ2) is 9.05. The summed E-state index contributed by atoms with van der Waals surface area (Å²) in [6.07, 6.45) is 9.93. The van der Waals surface area contributed by atoms with Crippen molar-refractivity contribution in [3.63, 3.8) is 0 Å². The molecule has 0 N–H and O–H groups in total. The minimum atomic E-state index is 0.529. The summed E-state index contributed by atoms with van der Waals surface area (Å²) in [6.45, 7) is 3.05. The van der Waals surface area contributed by atoms with Gasteiger partial charge in [-0.15, -0.1) is 0 Å². The Morgan fingerprint density at radius 3 is 2.96 bits per heavy atom. The third kappa shape index (κ3) is 4.96. The summed E-state index contributed by atoms with van der Waals surface area (Å²) in [5.74, 6) is 0.855. The minimum Gasteiger partial charge on any atom is -0.494 e. The average Bonchev–Trinajstić information content (AvgIpc) is 2.63. The molecule has 0 saturated carbocycles. The van der Waals surface area contributed by atoms with Crippen LogP contribution in [0.3, 0.4) is 0 Å². The molecule has 0 bridgehead atoms. The van der Waals surface area contributed by atoms with Crippen molar-refractivity contribution in [2.24, 2.45) is 0 Å². The van der Waals surface area contributed by atoms with Crippen LogP contribution in [0.2, 0.25) is 5.02 Å². The first-order chi connectivity index (χ1) is 11.8. The molecule has 0 radical (unpaired) electrons. The van der Waals surface area contributed by atoms with Crippen molar-refractivity contribution < 1.29 is 4.74 Å². The Labute approximate surface area is 149 Å². The highest BCUT2D eigenvalue weighted by atomic mass is 35.5. The molecule has 3 nitrogen and oxygen atoms in total. The maximum absolute atomic E-state index is 5.97. The van der Waals surface area contributed by atoms with Gasteiger partial charge in [0.25, 0.3) is 0 Å². The van der Waals surface area contributed by atoms with Gasteiger partial charge in [-0.1, -0.05) is 30.2 Å². The zero-order valence-corrected chi connectivity index (χ0v) is 14.8. The molecule has 1 fully saturated rings. The van der Waals surface area contributed by atoms with E-state index in [2.05, 4.69) is 16.0 Å². The van der Waals surface area contributed by atoms with Gasteiger partial charge in [-0.3, -0.25) is 9.88 Å².